The number of ether oxygens (including phenoxy) is 1. The number of benzene rings is 3. The van der Waals surface area contributed by atoms with Crippen LogP contribution in [-0.2, 0) is 30.3 Å². The van der Waals surface area contributed by atoms with Crippen molar-refractivity contribution in [3.63, 3.8) is 0 Å². The van der Waals surface area contributed by atoms with Crippen LogP contribution in [0, 0.1) is 0 Å². The average molecular weight is 732 g/mol. The van der Waals surface area contributed by atoms with Gasteiger partial charge in [-0.1, -0.05) is 23.7 Å². The Kier molecular flexibility index (Phi) is 11.9. The van der Waals surface area contributed by atoms with Crippen molar-refractivity contribution in [1.29, 1.82) is 0 Å². The molecule has 0 unspecified atom stereocenters. The molecular formula is C35H38ClN9O7. The van der Waals surface area contributed by atoms with Crippen molar-refractivity contribution in [1.82, 2.24) is 30.4 Å². The maximum absolute atomic E-state index is 13.7. The summed E-state index contributed by atoms with van der Waals surface area (Å²) in [4.78, 5) is 68.9. The molecule has 4 amide bonds. The second kappa shape index (κ2) is 16.5. The molecule has 17 heteroatoms. The smallest absolute Gasteiger partial charge is 0.338 e. The number of nitrogens with one attached hydrogen (secondary N) is 3. The van der Waals surface area contributed by atoms with E-state index >= 15 is 0 Å². The molecule has 0 saturated carbocycles. The fraction of sp³-hybridized carbons (Fsp3) is 0.314. The van der Waals surface area contributed by atoms with Crippen LogP contribution < -0.4 is 20.9 Å². The first-order valence-corrected chi connectivity index (χ1v) is 16.7. The fourth-order valence-corrected chi connectivity index (χ4v) is 5.49. The molecule has 16 nitrogen and oxygen atoms in total. The SMILES string of the molecule is CC(C)(C)OC(=O)c1ccc(NC(=O)[C@H](Cc2ccc(N3CCN(CCO)CC3=O)cc2)NC(=O)C(=O)Nc2cc(Cl)ccc2-n2cnnn2)cc1. The second-order valence-corrected chi connectivity index (χ2v) is 13.3. The maximum Gasteiger partial charge on any atom is 0.338 e. The van der Waals surface area contributed by atoms with Gasteiger partial charge in [0.25, 0.3) is 0 Å². The van der Waals surface area contributed by atoms with Crippen molar-refractivity contribution in [2.45, 2.75) is 38.8 Å². The fourth-order valence-electron chi connectivity index (χ4n) is 5.32. The first-order valence-electron chi connectivity index (χ1n) is 16.3. The molecule has 1 fully saturated rings. The van der Waals surface area contributed by atoms with Gasteiger partial charge in [-0.2, -0.15) is 4.68 Å². The lowest BCUT2D eigenvalue weighted by molar-refractivity contribution is -0.137. The van der Waals surface area contributed by atoms with E-state index in [1.54, 1.807) is 62.1 Å². The van der Waals surface area contributed by atoms with Crippen LogP contribution in [0.2, 0.25) is 5.02 Å². The molecule has 1 saturated heterocycles. The number of carbonyl (C=O) groups is 5. The Morgan fingerprint density at radius 3 is 2.33 bits per heavy atom. The lowest BCUT2D eigenvalue weighted by atomic mass is 10.0. The number of aliphatic hydroxyl groups excluding tert-OH is 1. The number of anilines is 3. The number of hydrogen-bond donors (Lipinski definition) is 4. The van der Waals surface area contributed by atoms with Gasteiger partial charge in [-0.05, 0) is 91.4 Å². The van der Waals surface area contributed by atoms with Crippen LogP contribution in [0.1, 0.15) is 36.7 Å². The summed E-state index contributed by atoms with van der Waals surface area (Å²) in [5.74, 6) is -3.45. The Balaban J connectivity index is 1.32. The minimum atomic E-state index is -1.24. The van der Waals surface area contributed by atoms with Crippen LogP contribution in [0.25, 0.3) is 5.69 Å². The van der Waals surface area contributed by atoms with E-state index in [-0.39, 0.29) is 41.8 Å². The molecule has 0 radical (unpaired) electrons. The maximum atomic E-state index is 13.7. The van der Waals surface area contributed by atoms with Crippen molar-refractivity contribution in [3.05, 3.63) is 89.2 Å². The molecule has 0 aliphatic carbocycles. The first kappa shape index (κ1) is 37.5. The van der Waals surface area contributed by atoms with Gasteiger partial charge in [0.2, 0.25) is 11.8 Å². The van der Waals surface area contributed by atoms with Crippen LogP contribution >= 0.6 is 11.6 Å². The molecule has 0 bridgehead atoms. The Morgan fingerprint density at radius 1 is 0.962 bits per heavy atom. The van der Waals surface area contributed by atoms with E-state index in [4.69, 9.17) is 16.3 Å². The quantitative estimate of drug-likeness (QED) is 0.130. The zero-order valence-electron chi connectivity index (χ0n) is 28.7. The van der Waals surface area contributed by atoms with E-state index in [2.05, 4.69) is 31.5 Å². The van der Waals surface area contributed by atoms with Crippen LogP contribution in [0.3, 0.4) is 0 Å². The molecule has 1 aromatic heterocycles. The topological polar surface area (TPSA) is 201 Å². The molecule has 5 rings (SSSR count). The standard InChI is InChI=1S/C35H38ClN9O7/c1-35(2,3)52-34(51)23-6-9-25(10-7-23)38-31(48)28(18-22-4-11-26(12-5-22)44-15-14-43(16-17-46)20-30(44)47)40-33(50)32(49)39-27-19-24(36)8-13-29(27)45-21-37-41-42-45/h4-13,19,21,28,46H,14-18,20H2,1-3H3,(H,38,48)(H,39,49)(H,40,50)/t28-/m0/s1. The summed E-state index contributed by atoms with van der Waals surface area (Å²) >= 11 is 6.15. The largest absolute Gasteiger partial charge is 0.456 e. The van der Waals surface area contributed by atoms with E-state index in [9.17, 15) is 29.1 Å². The number of tetrazole rings is 1. The van der Waals surface area contributed by atoms with Gasteiger partial charge < -0.3 is 30.7 Å². The first-order chi connectivity index (χ1) is 24.8. The Hall–Kier alpha value is -5.71. The summed E-state index contributed by atoms with van der Waals surface area (Å²) in [5, 5.41) is 28.3. The molecule has 4 N–H and O–H groups in total. The van der Waals surface area contributed by atoms with Gasteiger partial charge in [0.05, 0.1) is 30.1 Å². The monoisotopic (exact) mass is 731 g/mol. The number of aliphatic hydroxyl groups is 1. The molecule has 4 aromatic rings. The summed E-state index contributed by atoms with van der Waals surface area (Å²) in [6.07, 6.45) is 1.28. The molecule has 1 aliphatic heterocycles. The van der Waals surface area contributed by atoms with Gasteiger partial charge in [-0.3, -0.25) is 24.1 Å². The number of piperazine rings is 1. The number of halogens is 1. The third-order valence-electron chi connectivity index (χ3n) is 7.82. The Bertz CT molecular complexity index is 1910. The molecule has 0 spiro atoms. The Morgan fingerprint density at radius 2 is 1.69 bits per heavy atom. The van der Waals surface area contributed by atoms with Crippen LogP contribution in [0.4, 0.5) is 17.1 Å². The normalized spacial score (nSPS) is 14.0. The lowest BCUT2D eigenvalue weighted by Crippen LogP contribution is -2.51. The van der Waals surface area contributed by atoms with Crippen molar-refractivity contribution in [2.24, 2.45) is 0 Å². The summed E-state index contributed by atoms with van der Waals surface area (Å²) in [6, 6.07) is 16.3. The van der Waals surface area contributed by atoms with Gasteiger partial charge in [0.15, 0.2) is 0 Å². The molecule has 272 valence electrons. The molecule has 1 atom stereocenters. The van der Waals surface area contributed by atoms with Gasteiger partial charge in [-0.25, -0.2) is 4.79 Å². The number of amides is 4. The summed E-state index contributed by atoms with van der Waals surface area (Å²) in [5.41, 5.74) is 1.71. The summed E-state index contributed by atoms with van der Waals surface area (Å²) < 4.78 is 6.68. The highest BCUT2D eigenvalue weighted by atomic mass is 35.5. The van der Waals surface area contributed by atoms with E-state index in [1.165, 1.54) is 41.3 Å². The van der Waals surface area contributed by atoms with Gasteiger partial charge in [0, 0.05) is 42.5 Å². The number of aromatic nitrogens is 4. The number of β-amino-alcohol motifs (C(OH)–C–C–N with tert-alkyl or cyclic N) is 1. The van der Waals surface area contributed by atoms with E-state index < -0.39 is 35.3 Å². The highest BCUT2D eigenvalue weighted by Gasteiger charge is 2.28. The highest BCUT2D eigenvalue weighted by molar-refractivity contribution is 6.40. The third kappa shape index (κ3) is 9.96. The predicted octanol–water partition coefficient (Wildman–Crippen LogP) is 2.22. The number of nitrogens with zero attached hydrogens (tertiary/aromatic N) is 6. The number of rotatable bonds is 11. The zero-order chi connectivity index (χ0) is 37.4. The number of esters is 1. The van der Waals surface area contributed by atoms with Gasteiger partial charge in [-0.15, -0.1) is 5.10 Å². The predicted molar refractivity (Wildman–Crippen MR) is 191 cm³/mol. The summed E-state index contributed by atoms with van der Waals surface area (Å²) in [6.45, 7) is 6.88. The van der Waals surface area contributed by atoms with Crippen LogP contribution in [-0.4, -0.2) is 104 Å². The molecule has 1 aliphatic rings. The lowest BCUT2D eigenvalue weighted by Gasteiger charge is -2.34. The molecule has 52 heavy (non-hydrogen) atoms. The van der Waals surface area contributed by atoms with Crippen molar-refractivity contribution >= 4 is 58.3 Å². The summed E-state index contributed by atoms with van der Waals surface area (Å²) in [7, 11) is 0. The van der Waals surface area contributed by atoms with E-state index in [0.717, 1.165) is 0 Å². The Labute approximate surface area is 304 Å². The minimum absolute atomic E-state index is 0.0214. The molecular weight excluding hydrogens is 694 g/mol. The van der Waals surface area contributed by atoms with E-state index in [0.29, 0.717) is 42.3 Å². The van der Waals surface area contributed by atoms with Crippen LogP contribution in [0.15, 0.2) is 73.1 Å². The average Bonchev–Trinajstić information content (AvgIpc) is 3.63. The van der Waals surface area contributed by atoms with Gasteiger partial charge >= 0.3 is 17.8 Å². The van der Waals surface area contributed by atoms with Crippen LogP contribution in [0.5, 0.6) is 0 Å². The second-order valence-electron chi connectivity index (χ2n) is 12.9. The van der Waals surface area contributed by atoms with Crippen molar-refractivity contribution in [3.8, 4) is 5.69 Å². The molecule has 2 heterocycles. The zero-order valence-corrected chi connectivity index (χ0v) is 29.5. The van der Waals surface area contributed by atoms with Crippen molar-refractivity contribution < 1.29 is 33.8 Å². The minimum Gasteiger partial charge on any atom is -0.456 e. The van der Waals surface area contributed by atoms with E-state index in [1.807, 2.05) is 4.90 Å². The van der Waals surface area contributed by atoms with Crippen molar-refractivity contribution in [2.75, 3.05) is 48.3 Å². The molecule has 3 aromatic carbocycles. The number of hydrogen-bond acceptors (Lipinski definition) is 11. The third-order valence-corrected chi connectivity index (χ3v) is 8.06. The number of carbonyl (C=O) groups excluding carboxylic acids is 5. The van der Waals surface area contributed by atoms with Gasteiger partial charge in [0.1, 0.15) is 18.0 Å². The highest BCUT2D eigenvalue weighted by Crippen LogP contribution is 2.24.